The molecule has 0 rings (SSSR count). The van der Waals surface area contributed by atoms with E-state index in [4.69, 9.17) is 10.00 Å². The van der Waals surface area contributed by atoms with Crippen molar-refractivity contribution in [1.82, 2.24) is 0 Å². The Kier molecular flexibility index (Phi) is 12.3. The summed E-state index contributed by atoms with van der Waals surface area (Å²) in [6.45, 7) is 8.11. The van der Waals surface area contributed by atoms with Crippen LogP contribution in [-0.4, -0.2) is 19.2 Å². The third-order valence-corrected chi connectivity index (χ3v) is 0.984. The van der Waals surface area contributed by atoms with Crippen molar-refractivity contribution in [3.05, 3.63) is 11.8 Å². The number of ether oxygens (including phenoxy) is 2. The summed E-state index contributed by atoms with van der Waals surface area (Å²) < 4.78 is 9.35. The summed E-state index contributed by atoms with van der Waals surface area (Å²) in [5.41, 5.74) is -0.112. The maximum atomic E-state index is 10.9. The SMILES string of the molecule is CC.CCO/C=C(\C#N)C(=O)OCC. The summed E-state index contributed by atoms with van der Waals surface area (Å²) in [5, 5.41) is 8.45. The fourth-order valence-corrected chi connectivity index (χ4v) is 0.496. The van der Waals surface area contributed by atoms with E-state index in [-0.39, 0.29) is 12.2 Å². The molecular formula is C10H17NO3. The number of nitriles is 1. The highest BCUT2D eigenvalue weighted by Crippen LogP contribution is 1.96. The van der Waals surface area contributed by atoms with Gasteiger partial charge >= 0.3 is 5.97 Å². The molecule has 0 aliphatic heterocycles. The molecule has 0 aliphatic rings. The summed E-state index contributed by atoms with van der Waals surface area (Å²) in [5.74, 6) is -0.645. The number of esters is 1. The average molecular weight is 199 g/mol. The van der Waals surface area contributed by atoms with Gasteiger partial charge in [0.1, 0.15) is 12.3 Å². The zero-order valence-electron chi connectivity index (χ0n) is 9.16. The highest BCUT2D eigenvalue weighted by molar-refractivity contribution is 5.92. The lowest BCUT2D eigenvalue weighted by Gasteiger charge is -1.99. The molecule has 4 heteroatoms. The Hall–Kier alpha value is -1.50. The molecule has 0 aromatic carbocycles. The van der Waals surface area contributed by atoms with Crippen molar-refractivity contribution in [2.45, 2.75) is 27.7 Å². The average Bonchev–Trinajstić information content (AvgIpc) is 2.22. The second-order valence-electron chi connectivity index (χ2n) is 1.82. The molecule has 0 N–H and O–H groups in total. The molecule has 0 saturated heterocycles. The summed E-state index contributed by atoms with van der Waals surface area (Å²) >= 11 is 0. The van der Waals surface area contributed by atoms with Crippen molar-refractivity contribution in [2.75, 3.05) is 13.2 Å². The molecule has 0 aromatic heterocycles. The fourth-order valence-electron chi connectivity index (χ4n) is 0.496. The third-order valence-electron chi connectivity index (χ3n) is 0.984. The van der Waals surface area contributed by atoms with Crippen LogP contribution in [0.25, 0.3) is 0 Å². The van der Waals surface area contributed by atoms with Gasteiger partial charge < -0.3 is 9.47 Å². The van der Waals surface area contributed by atoms with E-state index in [1.54, 1.807) is 19.9 Å². The van der Waals surface area contributed by atoms with E-state index >= 15 is 0 Å². The van der Waals surface area contributed by atoms with Crippen LogP contribution in [0.3, 0.4) is 0 Å². The van der Waals surface area contributed by atoms with Gasteiger partial charge in [-0.15, -0.1) is 0 Å². The van der Waals surface area contributed by atoms with E-state index in [2.05, 4.69) is 4.74 Å². The largest absolute Gasteiger partial charge is 0.500 e. The molecule has 0 bridgehead atoms. The topological polar surface area (TPSA) is 59.3 Å². The Morgan fingerprint density at radius 1 is 1.36 bits per heavy atom. The standard InChI is InChI=1S/C8H11NO3.C2H6/c1-3-11-6-7(5-9)8(10)12-4-2;1-2/h6H,3-4H2,1-2H3;1-2H3/b7-6+;. The van der Waals surface area contributed by atoms with Crippen molar-refractivity contribution in [1.29, 1.82) is 5.26 Å². The van der Waals surface area contributed by atoms with Crippen LogP contribution < -0.4 is 0 Å². The lowest BCUT2D eigenvalue weighted by atomic mass is 10.3. The molecule has 0 aliphatic carbocycles. The molecule has 0 radical (unpaired) electrons. The minimum absolute atomic E-state index is 0.112. The van der Waals surface area contributed by atoms with Gasteiger partial charge in [-0.05, 0) is 13.8 Å². The van der Waals surface area contributed by atoms with Gasteiger partial charge in [0.05, 0.1) is 13.2 Å². The second-order valence-corrected chi connectivity index (χ2v) is 1.82. The van der Waals surface area contributed by atoms with E-state index in [1.165, 1.54) is 0 Å². The molecule has 0 atom stereocenters. The van der Waals surface area contributed by atoms with Gasteiger partial charge in [-0.3, -0.25) is 0 Å². The van der Waals surface area contributed by atoms with Crippen LogP contribution in [0.1, 0.15) is 27.7 Å². The predicted molar refractivity (Wildman–Crippen MR) is 53.3 cm³/mol. The van der Waals surface area contributed by atoms with Crippen LogP contribution in [-0.2, 0) is 14.3 Å². The highest BCUT2D eigenvalue weighted by Gasteiger charge is 2.09. The summed E-state index contributed by atoms with van der Waals surface area (Å²) in [7, 11) is 0. The van der Waals surface area contributed by atoms with Crippen molar-refractivity contribution in [3.8, 4) is 6.07 Å². The first-order valence-corrected chi connectivity index (χ1v) is 4.65. The normalized spacial score (nSPS) is 9.21. The Morgan fingerprint density at radius 3 is 2.29 bits per heavy atom. The first-order valence-electron chi connectivity index (χ1n) is 4.65. The van der Waals surface area contributed by atoms with Crippen LogP contribution in [0.4, 0.5) is 0 Å². The molecule has 0 heterocycles. The summed E-state index contributed by atoms with van der Waals surface area (Å²) in [4.78, 5) is 10.9. The lowest BCUT2D eigenvalue weighted by Crippen LogP contribution is -2.06. The smallest absolute Gasteiger partial charge is 0.352 e. The van der Waals surface area contributed by atoms with Gasteiger partial charge in [-0.25, -0.2) is 4.79 Å². The molecule has 0 saturated carbocycles. The van der Waals surface area contributed by atoms with Gasteiger partial charge in [0.2, 0.25) is 0 Å². The molecule has 0 amide bonds. The molecule has 80 valence electrons. The Balaban J connectivity index is 0. The lowest BCUT2D eigenvalue weighted by molar-refractivity contribution is -0.138. The zero-order chi connectivity index (χ0) is 11.4. The van der Waals surface area contributed by atoms with Crippen LogP contribution >= 0.6 is 0 Å². The Morgan fingerprint density at radius 2 is 1.93 bits per heavy atom. The summed E-state index contributed by atoms with van der Waals surface area (Å²) in [6, 6.07) is 1.68. The third kappa shape index (κ3) is 7.17. The van der Waals surface area contributed by atoms with Gasteiger partial charge in [0.25, 0.3) is 0 Å². The van der Waals surface area contributed by atoms with Gasteiger partial charge in [0, 0.05) is 0 Å². The van der Waals surface area contributed by atoms with Crippen LogP contribution in [0, 0.1) is 11.3 Å². The number of rotatable bonds is 4. The fraction of sp³-hybridized carbons (Fsp3) is 0.600. The van der Waals surface area contributed by atoms with Crippen molar-refractivity contribution < 1.29 is 14.3 Å². The molecule has 0 spiro atoms. The van der Waals surface area contributed by atoms with Crippen molar-refractivity contribution in [2.24, 2.45) is 0 Å². The first-order chi connectivity index (χ1) is 6.76. The maximum Gasteiger partial charge on any atom is 0.352 e. The predicted octanol–water partition coefficient (Wildman–Crippen LogP) is 2.02. The van der Waals surface area contributed by atoms with Gasteiger partial charge in [-0.1, -0.05) is 13.8 Å². The van der Waals surface area contributed by atoms with Crippen molar-refractivity contribution in [3.63, 3.8) is 0 Å². The van der Waals surface area contributed by atoms with Crippen LogP contribution in [0.15, 0.2) is 11.8 Å². The van der Waals surface area contributed by atoms with E-state index < -0.39 is 5.97 Å². The van der Waals surface area contributed by atoms with E-state index in [9.17, 15) is 4.79 Å². The Bertz CT molecular complexity index is 216. The van der Waals surface area contributed by atoms with Gasteiger partial charge in [0.15, 0.2) is 5.57 Å². The molecule has 0 fully saturated rings. The van der Waals surface area contributed by atoms with Crippen LogP contribution in [0.2, 0.25) is 0 Å². The number of hydrogen-bond donors (Lipinski definition) is 0. The minimum atomic E-state index is -0.645. The zero-order valence-corrected chi connectivity index (χ0v) is 9.16. The summed E-state index contributed by atoms with van der Waals surface area (Å²) in [6.07, 6.45) is 1.11. The van der Waals surface area contributed by atoms with E-state index in [0.29, 0.717) is 6.61 Å². The number of carbonyl (C=O) groups is 1. The number of nitrogens with zero attached hydrogens (tertiary/aromatic N) is 1. The molecule has 0 aromatic rings. The Labute approximate surface area is 85.1 Å². The number of hydrogen-bond acceptors (Lipinski definition) is 4. The molecule has 0 unspecified atom stereocenters. The monoisotopic (exact) mass is 199 g/mol. The quantitative estimate of drug-likeness (QED) is 0.301. The van der Waals surface area contributed by atoms with Crippen molar-refractivity contribution >= 4 is 5.97 Å². The minimum Gasteiger partial charge on any atom is -0.500 e. The first kappa shape index (κ1) is 15.0. The van der Waals surface area contributed by atoms with E-state index in [0.717, 1.165) is 6.26 Å². The number of carbonyl (C=O) groups excluding carboxylic acids is 1. The second kappa shape index (κ2) is 11.5. The molecular weight excluding hydrogens is 182 g/mol. The molecule has 4 nitrogen and oxygen atoms in total. The maximum absolute atomic E-state index is 10.9. The molecule has 14 heavy (non-hydrogen) atoms. The van der Waals surface area contributed by atoms with E-state index in [1.807, 2.05) is 13.8 Å². The van der Waals surface area contributed by atoms with Crippen LogP contribution in [0.5, 0.6) is 0 Å². The highest BCUT2D eigenvalue weighted by atomic mass is 16.5. The van der Waals surface area contributed by atoms with Gasteiger partial charge in [-0.2, -0.15) is 5.26 Å².